The highest BCUT2D eigenvalue weighted by Crippen LogP contribution is 2.29. The average Bonchev–Trinajstić information content (AvgIpc) is 2.71. The maximum atomic E-state index is 5.84. The molecule has 1 aromatic heterocycles. The Bertz CT molecular complexity index is 773. The van der Waals surface area contributed by atoms with Crippen molar-refractivity contribution in [2.75, 3.05) is 37.9 Å². The third kappa shape index (κ3) is 5.29. The molecule has 3 N–H and O–H groups in total. The summed E-state index contributed by atoms with van der Waals surface area (Å²) >= 11 is 0. The Kier molecular flexibility index (Phi) is 6.98. The summed E-state index contributed by atoms with van der Waals surface area (Å²) in [5, 5.41) is 3.60. The molecule has 0 radical (unpaired) electrons. The van der Waals surface area contributed by atoms with Gasteiger partial charge in [-0.2, -0.15) is 0 Å². The van der Waals surface area contributed by atoms with Crippen LogP contribution in [-0.2, 0) is 6.54 Å². The summed E-state index contributed by atoms with van der Waals surface area (Å²) in [5.74, 6) is 2.24. The van der Waals surface area contributed by atoms with Crippen LogP contribution in [0.15, 0.2) is 30.5 Å². The monoisotopic (exact) mass is 384 g/mol. The van der Waals surface area contributed by atoms with Gasteiger partial charge in [0.1, 0.15) is 5.82 Å². The van der Waals surface area contributed by atoms with Gasteiger partial charge in [-0.25, -0.2) is 4.98 Å². The molecule has 2 aromatic rings. The largest absolute Gasteiger partial charge is 0.493 e. The molecule has 0 saturated carbocycles. The number of nitrogens with zero attached hydrogens (tertiary/aromatic N) is 2. The Morgan fingerprint density at radius 2 is 2.00 bits per heavy atom. The van der Waals surface area contributed by atoms with Gasteiger partial charge in [0.05, 0.1) is 25.6 Å². The molecule has 0 bridgehead atoms. The number of piperidine rings is 1. The van der Waals surface area contributed by atoms with E-state index < -0.39 is 0 Å². The van der Waals surface area contributed by atoms with E-state index in [1.807, 2.05) is 19.2 Å². The van der Waals surface area contributed by atoms with E-state index in [0.29, 0.717) is 18.5 Å². The molecular weight excluding hydrogens is 352 g/mol. The first-order chi connectivity index (χ1) is 13.6. The summed E-state index contributed by atoms with van der Waals surface area (Å²) < 4.78 is 11.3. The minimum atomic E-state index is 0.473. The van der Waals surface area contributed by atoms with E-state index in [2.05, 4.69) is 40.3 Å². The molecule has 1 saturated heterocycles. The van der Waals surface area contributed by atoms with Crippen molar-refractivity contribution in [1.29, 1.82) is 0 Å². The molecule has 6 heteroatoms. The maximum Gasteiger partial charge on any atom is 0.161 e. The predicted octanol–water partition coefficient (Wildman–Crippen LogP) is 3.85. The van der Waals surface area contributed by atoms with Crippen LogP contribution in [0.1, 0.15) is 37.3 Å². The first-order valence-corrected chi connectivity index (χ1v) is 10.1. The van der Waals surface area contributed by atoms with Crippen molar-refractivity contribution >= 4 is 11.5 Å². The molecule has 0 atom stereocenters. The lowest BCUT2D eigenvalue weighted by Crippen LogP contribution is -2.38. The molecule has 1 aliphatic heterocycles. The van der Waals surface area contributed by atoms with Crippen LogP contribution in [-0.4, -0.2) is 42.7 Å². The number of rotatable bonds is 8. The minimum absolute atomic E-state index is 0.473. The van der Waals surface area contributed by atoms with Crippen LogP contribution in [0.5, 0.6) is 11.5 Å². The second-order valence-corrected chi connectivity index (χ2v) is 7.45. The van der Waals surface area contributed by atoms with Gasteiger partial charge in [0.25, 0.3) is 0 Å². The number of nitrogens with one attached hydrogen (secondary N) is 1. The molecule has 1 fully saturated rings. The number of aromatic nitrogens is 1. The molecule has 6 nitrogen and oxygen atoms in total. The molecular formula is C22H32N4O2. The maximum absolute atomic E-state index is 5.84. The Balaban J connectivity index is 1.53. The summed E-state index contributed by atoms with van der Waals surface area (Å²) in [4.78, 5) is 6.74. The fourth-order valence-electron chi connectivity index (χ4n) is 3.54. The normalized spacial score (nSPS) is 15.4. The van der Waals surface area contributed by atoms with Crippen LogP contribution >= 0.6 is 0 Å². The first kappa shape index (κ1) is 20.3. The van der Waals surface area contributed by atoms with Crippen molar-refractivity contribution in [3.63, 3.8) is 0 Å². The van der Waals surface area contributed by atoms with E-state index in [0.717, 1.165) is 61.6 Å². The van der Waals surface area contributed by atoms with Crippen LogP contribution in [0.3, 0.4) is 0 Å². The van der Waals surface area contributed by atoms with Gasteiger partial charge in [-0.05, 0) is 55.5 Å². The van der Waals surface area contributed by atoms with Gasteiger partial charge in [-0.1, -0.05) is 13.0 Å². The lowest BCUT2D eigenvalue weighted by molar-refractivity contribution is 0.210. The number of anilines is 2. The van der Waals surface area contributed by atoms with Crippen molar-refractivity contribution in [2.24, 2.45) is 0 Å². The lowest BCUT2D eigenvalue weighted by atomic mass is 10.0. The Morgan fingerprint density at radius 3 is 2.68 bits per heavy atom. The third-order valence-electron chi connectivity index (χ3n) is 5.17. The summed E-state index contributed by atoms with van der Waals surface area (Å²) in [7, 11) is 1.68. The zero-order chi connectivity index (χ0) is 19.9. The first-order valence-electron chi connectivity index (χ1n) is 10.1. The summed E-state index contributed by atoms with van der Waals surface area (Å²) in [6, 6.07) is 8.79. The number of benzene rings is 1. The van der Waals surface area contributed by atoms with Crippen molar-refractivity contribution < 1.29 is 9.47 Å². The zero-order valence-electron chi connectivity index (χ0n) is 17.2. The fourth-order valence-corrected chi connectivity index (χ4v) is 3.54. The third-order valence-corrected chi connectivity index (χ3v) is 5.17. The molecule has 2 heterocycles. The van der Waals surface area contributed by atoms with Crippen molar-refractivity contribution in [1.82, 2.24) is 9.88 Å². The predicted molar refractivity (Wildman–Crippen MR) is 114 cm³/mol. The van der Waals surface area contributed by atoms with Gasteiger partial charge in [-0.3, -0.25) is 4.90 Å². The van der Waals surface area contributed by atoms with Gasteiger partial charge >= 0.3 is 0 Å². The van der Waals surface area contributed by atoms with E-state index >= 15 is 0 Å². The summed E-state index contributed by atoms with van der Waals surface area (Å²) in [6.45, 7) is 7.87. The second-order valence-electron chi connectivity index (χ2n) is 7.45. The smallest absolute Gasteiger partial charge is 0.161 e. The second kappa shape index (κ2) is 9.64. The van der Waals surface area contributed by atoms with Gasteiger partial charge < -0.3 is 20.5 Å². The number of likely N-dealkylation sites (tertiary alicyclic amines) is 1. The molecule has 152 valence electrons. The van der Waals surface area contributed by atoms with E-state index in [-0.39, 0.29) is 0 Å². The SMILES string of the molecule is CCCOc1cc(CN2CCC(Nc3cnc(N)c(C)c3)CC2)ccc1OC. The highest BCUT2D eigenvalue weighted by molar-refractivity contribution is 5.51. The van der Waals surface area contributed by atoms with Crippen LogP contribution in [0.4, 0.5) is 11.5 Å². The van der Waals surface area contributed by atoms with Gasteiger partial charge in [0, 0.05) is 25.7 Å². The minimum Gasteiger partial charge on any atom is -0.493 e. The van der Waals surface area contributed by atoms with Crippen LogP contribution in [0.2, 0.25) is 0 Å². The van der Waals surface area contributed by atoms with E-state index in [9.17, 15) is 0 Å². The standard InChI is InChI=1S/C22H32N4O2/c1-4-11-28-21-13-17(5-6-20(21)27-3)15-26-9-7-18(8-10-26)25-19-12-16(2)22(23)24-14-19/h5-6,12-14,18,25H,4,7-11,15H2,1-3H3,(H2,23,24). The molecule has 0 amide bonds. The quantitative estimate of drug-likeness (QED) is 0.720. The van der Waals surface area contributed by atoms with Crippen LogP contribution < -0.4 is 20.5 Å². The van der Waals surface area contributed by atoms with Gasteiger partial charge in [0.15, 0.2) is 11.5 Å². The van der Waals surface area contributed by atoms with E-state index in [4.69, 9.17) is 15.2 Å². The molecule has 1 aliphatic rings. The van der Waals surface area contributed by atoms with Gasteiger partial charge in [0.2, 0.25) is 0 Å². The number of hydrogen-bond donors (Lipinski definition) is 2. The lowest BCUT2D eigenvalue weighted by Gasteiger charge is -2.33. The van der Waals surface area contributed by atoms with E-state index in [1.54, 1.807) is 7.11 Å². The van der Waals surface area contributed by atoms with Crippen molar-refractivity contribution in [3.8, 4) is 11.5 Å². The molecule has 0 aliphatic carbocycles. The topological polar surface area (TPSA) is 72.6 Å². The summed E-state index contributed by atoms with van der Waals surface area (Å²) in [5.41, 5.74) is 9.14. The number of methoxy groups -OCH3 is 1. The molecule has 0 spiro atoms. The Morgan fingerprint density at radius 1 is 1.21 bits per heavy atom. The number of nitrogen functional groups attached to an aromatic ring is 1. The molecule has 3 rings (SSSR count). The fraction of sp³-hybridized carbons (Fsp3) is 0.500. The van der Waals surface area contributed by atoms with Gasteiger partial charge in [-0.15, -0.1) is 0 Å². The number of pyridine rings is 1. The van der Waals surface area contributed by atoms with Crippen molar-refractivity contribution in [2.45, 2.75) is 45.7 Å². The van der Waals surface area contributed by atoms with E-state index in [1.165, 1.54) is 5.56 Å². The molecule has 0 unspecified atom stereocenters. The Labute approximate surface area is 168 Å². The Hall–Kier alpha value is -2.47. The number of aryl methyl sites for hydroxylation is 1. The average molecular weight is 385 g/mol. The van der Waals surface area contributed by atoms with Crippen LogP contribution in [0.25, 0.3) is 0 Å². The van der Waals surface area contributed by atoms with Crippen molar-refractivity contribution in [3.05, 3.63) is 41.6 Å². The zero-order valence-corrected chi connectivity index (χ0v) is 17.2. The summed E-state index contributed by atoms with van der Waals surface area (Å²) in [6.07, 6.45) is 5.03. The molecule has 28 heavy (non-hydrogen) atoms. The number of ether oxygens (including phenoxy) is 2. The number of hydrogen-bond acceptors (Lipinski definition) is 6. The highest BCUT2D eigenvalue weighted by atomic mass is 16.5. The highest BCUT2D eigenvalue weighted by Gasteiger charge is 2.20. The van der Waals surface area contributed by atoms with Crippen LogP contribution in [0, 0.1) is 6.92 Å². The molecule has 1 aromatic carbocycles. The number of nitrogens with two attached hydrogens (primary N) is 1.